The number of aromatic amines is 1. The fourth-order valence-corrected chi connectivity index (χ4v) is 3.30. The van der Waals surface area contributed by atoms with Gasteiger partial charge in [0.25, 0.3) is 0 Å². The third-order valence-corrected chi connectivity index (χ3v) is 4.90. The van der Waals surface area contributed by atoms with Crippen LogP contribution in [0, 0.1) is 0 Å². The van der Waals surface area contributed by atoms with Crippen LogP contribution in [-0.4, -0.2) is 44.5 Å². The molecule has 0 aromatic carbocycles. The first-order valence-electron chi connectivity index (χ1n) is 8.66. The number of hydrogen-bond donors (Lipinski definition) is 3. The van der Waals surface area contributed by atoms with Crippen LogP contribution in [-0.2, 0) is 11.3 Å². The molecule has 8 heteroatoms. The number of hydrogen-bond acceptors (Lipinski definition) is 6. The summed E-state index contributed by atoms with van der Waals surface area (Å²) in [5, 5.41) is 3.90. The monoisotopic (exact) mass is 351 g/mol. The van der Waals surface area contributed by atoms with Crippen molar-refractivity contribution in [1.82, 2.24) is 25.3 Å². The van der Waals surface area contributed by atoms with Crippen molar-refractivity contribution in [1.29, 1.82) is 0 Å². The molecule has 0 radical (unpaired) electrons. The average molecular weight is 351 g/mol. The van der Waals surface area contributed by atoms with E-state index >= 15 is 0 Å². The Morgan fingerprint density at radius 1 is 1.23 bits per heavy atom. The van der Waals surface area contributed by atoms with Crippen molar-refractivity contribution in [3.8, 4) is 0 Å². The standard InChI is InChI=1S/C18H21N7O/c19-18(17(26)22-11-13-3-1-2-7-20-13)5-9-25(10-6-18)16-14-4-8-21-15(14)23-12-24-16/h1-4,7-8,12H,5-6,9-11,19H2,(H,22,26)(H,21,23,24). The summed E-state index contributed by atoms with van der Waals surface area (Å²) in [6.07, 6.45) is 6.25. The van der Waals surface area contributed by atoms with Crippen molar-refractivity contribution in [2.45, 2.75) is 24.9 Å². The highest BCUT2D eigenvalue weighted by Crippen LogP contribution is 2.28. The third kappa shape index (κ3) is 3.11. The molecule has 1 fully saturated rings. The molecule has 8 nitrogen and oxygen atoms in total. The van der Waals surface area contributed by atoms with Gasteiger partial charge in [0.1, 0.15) is 17.8 Å². The predicted molar refractivity (Wildman–Crippen MR) is 98.3 cm³/mol. The minimum Gasteiger partial charge on any atom is -0.356 e. The zero-order valence-corrected chi connectivity index (χ0v) is 14.4. The first-order valence-corrected chi connectivity index (χ1v) is 8.66. The van der Waals surface area contributed by atoms with Gasteiger partial charge in [0, 0.05) is 25.5 Å². The van der Waals surface area contributed by atoms with E-state index in [1.54, 1.807) is 12.5 Å². The molecule has 1 aliphatic heterocycles. The Labute approximate surface area is 150 Å². The Hall–Kier alpha value is -3.00. The van der Waals surface area contributed by atoms with Gasteiger partial charge in [-0.3, -0.25) is 9.78 Å². The molecule has 0 unspecified atom stereocenters. The predicted octanol–water partition coefficient (Wildman–Crippen LogP) is 0.967. The van der Waals surface area contributed by atoms with Crippen LogP contribution in [0.5, 0.6) is 0 Å². The topological polar surface area (TPSA) is 113 Å². The van der Waals surface area contributed by atoms with Crippen LogP contribution in [0.4, 0.5) is 5.82 Å². The van der Waals surface area contributed by atoms with Gasteiger partial charge in [0.15, 0.2) is 0 Å². The molecular formula is C18H21N7O. The molecule has 3 aromatic heterocycles. The second-order valence-corrected chi connectivity index (χ2v) is 6.58. The molecule has 0 saturated carbocycles. The Morgan fingerprint density at radius 3 is 2.85 bits per heavy atom. The van der Waals surface area contributed by atoms with E-state index in [1.165, 1.54) is 0 Å². The van der Waals surface area contributed by atoms with Gasteiger partial charge in [-0.05, 0) is 31.0 Å². The lowest BCUT2D eigenvalue weighted by Crippen LogP contribution is -2.59. The van der Waals surface area contributed by atoms with Gasteiger partial charge in [-0.2, -0.15) is 0 Å². The number of aromatic nitrogens is 4. The van der Waals surface area contributed by atoms with Crippen LogP contribution in [0.25, 0.3) is 11.0 Å². The molecule has 0 spiro atoms. The number of rotatable bonds is 4. The molecule has 0 aliphatic carbocycles. The summed E-state index contributed by atoms with van der Waals surface area (Å²) in [7, 11) is 0. The van der Waals surface area contributed by atoms with Gasteiger partial charge in [-0.15, -0.1) is 0 Å². The highest BCUT2D eigenvalue weighted by molar-refractivity contribution is 5.88. The lowest BCUT2D eigenvalue weighted by molar-refractivity contribution is -0.127. The second kappa shape index (κ2) is 6.72. The van der Waals surface area contributed by atoms with Crippen molar-refractivity contribution in [2.75, 3.05) is 18.0 Å². The smallest absolute Gasteiger partial charge is 0.240 e. The number of pyridine rings is 1. The fourth-order valence-electron chi connectivity index (χ4n) is 3.30. The Kier molecular flexibility index (Phi) is 4.26. The van der Waals surface area contributed by atoms with E-state index < -0.39 is 5.54 Å². The number of nitrogens with zero attached hydrogens (tertiary/aromatic N) is 4. The summed E-state index contributed by atoms with van der Waals surface area (Å²) >= 11 is 0. The minimum atomic E-state index is -0.866. The number of H-pyrrole nitrogens is 1. The first-order chi connectivity index (χ1) is 12.7. The molecule has 1 amide bonds. The first kappa shape index (κ1) is 16.5. The van der Waals surface area contributed by atoms with E-state index in [0.717, 1.165) is 22.5 Å². The number of nitrogens with two attached hydrogens (primary N) is 1. The van der Waals surface area contributed by atoms with Crippen molar-refractivity contribution < 1.29 is 4.79 Å². The molecule has 1 aliphatic rings. The number of amides is 1. The largest absolute Gasteiger partial charge is 0.356 e. The molecule has 26 heavy (non-hydrogen) atoms. The van der Waals surface area contributed by atoms with Crippen LogP contribution in [0.1, 0.15) is 18.5 Å². The summed E-state index contributed by atoms with van der Waals surface area (Å²) in [6.45, 7) is 1.73. The normalized spacial score (nSPS) is 16.6. The number of anilines is 1. The lowest BCUT2D eigenvalue weighted by Gasteiger charge is -2.38. The van der Waals surface area contributed by atoms with Gasteiger partial charge < -0.3 is 20.9 Å². The Morgan fingerprint density at radius 2 is 2.08 bits per heavy atom. The third-order valence-electron chi connectivity index (χ3n) is 4.90. The van der Waals surface area contributed by atoms with Gasteiger partial charge in [0.2, 0.25) is 5.91 Å². The van der Waals surface area contributed by atoms with Crippen LogP contribution < -0.4 is 16.0 Å². The quantitative estimate of drug-likeness (QED) is 0.645. The van der Waals surface area contributed by atoms with E-state index in [4.69, 9.17) is 5.73 Å². The molecule has 0 atom stereocenters. The fraction of sp³-hybridized carbons (Fsp3) is 0.333. The van der Waals surface area contributed by atoms with Gasteiger partial charge in [-0.1, -0.05) is 6.07 Å². The van der Waals surface area contributed by atoms with E-state index in [9.17, 15) is 4.79 Å². The highest BCUT2D eigenvalue weighted by Gasteiger charge is 2.38. The molecular weight excluding hydrogens is 330 g/mol. The van der Waals surface area contributed by atoms with E-state index in [0.29, 0.717) is 32.5 Å². The second-order valence-electron chi connectivity index (χ2n) is 6.58. The molecule has 4 rings (SSSR count). The summed E-state index contributed by atoms with van der Waals surface area (Å²) in [5.41, 5.74) is 7.17. The lowest BCUT2D eigenvalue weighted by atomic mass is 9.87. The number of piperidine rings is 1. The molecule has 1 saturated heterocycles. The molecule has 4 heterocycles. The molecule has 0 bridgehead atoms. The van der Waals surface area contributed by atoms with Crippen LogP contribution in [0.15, 0.2) is 43.0 Å². The maximum absolute atomic E-state index is 12.6. The van der Waals surface area contributed by atoms with Crippen molar-refractivity contribution in [3.63, 3.8) is 0 Å². The minimum absolute atomic E-state index is 0.128. The number of nitrogens with one attached hydrogen (secondary N) is 2. The zero-order valence-electron chi connectivity index (χ0n) is 14.4. The van der Waals surface area contributed by atoms with Crippen molar-refractivity contribution in [2.24, 2.45) is 5.73 Å². The number of carbonyl (C=O) groups excluding carboxylic acids is 1. The van der Waals surface area contributed by atoms with Gasteiger partial charge >= 0.3 is 0 Å². The summed E-state index contributed by atoms with van der Waals surface area (Å²) in [4.78, 5) is 30.7. The van der Waals surface area contributed by atoms with Crippen molar-refractivity contribution in [3.05, 3.63) is 48.7 Å². The van der Waals surface area contributed by atoms with Crippen LogP contribution in [0.3, 0.4) is 0 Å². The Bertz CT molecular complexity index is 900. The molecule has 134 valence electrons. The Balaban J connectivity index is 1.40. The zero-order chi connectivity index (χ0) is 18.0. The molecule has 3 aromatic rings. The van der Waals surface area contributed by atoms with Gasteiger partial charge in [0.05, 0.1) is 23.2 Å². The van der Waals surface area contributed by atoms with Crippen molar-refractivity contribution >= 4 is 22.8 Å². The van der Waals surface area contributed by atoms with E-state index in [-0.39, 0.29) is 5.91 Å². The maximum Gasteiger partial charge on any atom is 0.240 e. The average Bonchev–Trinajstić information content (AvgIpc) is 3.16. The summed E-state index contributed by atoms with van der Waals surface area (Å²) in [5.74, 6) is 0.754. The SMILES string of the molecule is NC1(C(=O)NCc2ccccn2)CCN(c2ncnc3[nH]ccc23)CC1. The van der Waals surface area contributed by atoms with Gasteiger partial charge in [-0.25, -0.2) is 9.97 Å². The summed E-state index contributed by atoms with van der Waals surface area (Å²) < 4.78 is 0. The highest BCUT2D eigenvalue weighted by atomic mass is 16.2. The molecule has 4 N–H and O–H groups in total. The number of fused-ring (bicyclic) bond motifs is 1. The van der Waals surface area contributed by atoms with E-state index in [2.05, 4.69) is 30.2 Å². The van der Waals surface area contributed by atoms with Crippen LogP contribution in [0.2, 0.25) is 0 Å². The van der Waals surface area contributed by atoms with E-state index in [1.807, 2.05) is 30.5 Å². The number of carbonyl (C=O) groups is 1. The van der Waals surface area contributed by atoms with Crippen LogP contribution >= 0.6 is 0 Å². The maximum atomic E-state index is 12.6. The summed E-state index contributed by atoms with van der Waals surface area (Å²) in [6, 6.07) is 7.59.